The van der Waals surface area contributed by atoms with Crippen molar-refractivity contribution in [2.75, 3.05) is 22.9 Å². The summed E-state index contributed by atoms with van der Waals surface area (Å²) in [5, 5.41) is 3.09. The quantitative estimate of drug-likeness (QED) is 0.825. The minimum atomic E-state index is -0.373. The highest BCUT2D eigenvalue weighted by atomic mass is 16.2. The summed E-state index contributed by atoms with van der Waals surface area (Å²) in [6.07, 6.45) is 0.990. The minimum absolute atomic E-state index is 0.0263. The van der Waals surface area contributed by atoms with Crippen LogP contribution in [0, 0.1) is 19.8 Å². The first kappa shape index (κ1) is 21.1. The van der Waals surface area contributed by atoms with Crippen LogP contribution in [0.3, 0.4) is 0 Å². The van der Waals surface area contributed by atoms with Gasteiger partial charge in [-0.3, -0.25) is 14.4 Å². The van der Waals surface area contributed by atoms with Gasteiger partial charge in [0.05, 0.1) is 12.0 Å². The fourth-order valence-corrected chi connectivity index (χ4v) is 4.74. The van der Waals surface area contributed by atoms with Crippen LogP contribution in [-0.2, 0) is 20.8 Å². The van der Waals surface area contributed by atoms with Crippen molar-refractivity contribution in [3.63, 3.8) is 0 Å². The summed E-state index contributed by atoms with van der Waals surface area (Å²) >= 11 is 0. The molecule has 0 radical (unpaired) electrons. The standard InChI is InChI=1S/C25H29N3O3/c1-15-5-7-22(16(2)11-15)17(3)26-25(31)20-13-24(30)28(14-20)21-6-8-23-19(12-21)9-10-27(23)18(4)29/h5-8,11-12,17,20H,9-10,13-14H2,1-4H3,(H,26,31)/t17-,20+/m1/s1. The zero-order valence-corrected chi connectivity index (χ0v) is 18.6. The van der Waals surface area contributed by atoms with Crippen LogP contribution in [0.4, 0.5) is 11.4 Å². The Morgan fingerprint density at radius 1 is 1.13 bits per heavy atom. The number of benzene rings is 2. The fraction of sp³-hybridized carbons (Fsp3) is 0.400. The molecule has 1 N–H and O–H groups in total. The van der Waals surface area contributed by atoms with Crippen LogP contribution < -0.4 is 15.1 Å². The van der Waals surface area contributed by atoms with Gasteiger partial charge in [0.2, 0.25) is 17.7 Å². The van der Waals surface area contributed by atoms with Crippen molar-refractivity contribution in [2.45, 2.75) is 46.6 Å². The normalized spacial score (nSPS) is 18.8. The largest absolute Gasteiger partial charge is 0.349 e. The lowest BCUT2D eigenvalue weighted by Gasteiger charge is -2.21. The summed E-state index contributed by atoms with van der Waals surface area (Å²) in [6, 6.07) is 11.9. The molecular weight excluding hydrogens is 390 g/mol. The number of anilines is 2. The van der Waals surface area contributed by atoms with Crippen molar-refractivity contribution in [3.05, 3.63) is 58.7 Å². The zero-order chi connectivity index (χ0) is 22.3. The molecule has 1 fully saturated rings. The second kappa shape index (κ2) is 8.17. The Labute approximate surface area is 183 Å². The summed E-state index contributed by atoms with van der Waals surface area (Å²) in [7, 11) is 0. The SMILES string of the molecule is CC(=O)N1CCc2cc(N3C[C@@H](C(=O)N[C@H](C)c4ccc(C)cc4C)CC3=O)ccc21. The molecule has 2 aromatic carbocycles. The van der Waals surface area contributed by atoms with Gasteiger partial charge in [-0.2, -0.15) is 0 Å². The van der Waals surface area contributed by atoms with Crippen LogP contribution >= 0.6 is 0 Å². The summed E-state index contributed by atoms with van der Waals surface area (Å²) in [5.41, 5.74) is 6.21. The number of hydrogen-bond donors (Lipinski definition) is 1. The number of rotatable bonds is 4. The molecule has 2 aromatic rings. The van der Waals surface area contributed by atoms with E-state index in [4.69, 9.17) is 0 Å². The molecule has 0 bridgehead atoms. The Morgan fingerprint density at radius 2 is 1.90 bits per heavy atom. The number of carbonyl (C=O) groups excluding carboxylic acids is 3. The van der Waals surface area contributed by atoms with Gasteiger partial charge in [-0.25, -0.2) is 0 Å². The molecule has 0 spiro atoms. The van der Waals surface area contributed by atoms with E-state index in [-0.39, 0.29) is 36.1 Å². The average Bonchev–Trinajstić information content (AvgIpc) is 3.30. The zero-order valence-electron chi connectivity index (χ0n) is 18.6. The molecule has 6 heteroatoms. The van der Waals surface area contributed by atoms with E-state index in [1.807, 2.05) is 38.1 Å². The van der Waals surface area contributed by atoms with Gasteiger partial charge >= 0.3 is 0 Å². The van der Waals surface area contributed by atoms with E-state index in [1.165, 1.54) is 5.56 Å². The van der Waals surface area contributed by atoms with Crippen molar-refractivity contribution >= 4 is 29.1 Å². The summed E-state index contributed by atoms with van der Waals surface area (Å²) in [5.74, 6) is -0.478. The molecule has 0 unspecified atom stereocenters. The van der Waals surface area contributed by atoms with Gasteiger partial charge in [-0.15, -0.1) is 0 Å². The molecule has 1 saturated heterocycles. The summed E-state index contributed by atoms with van der Waals surface area (Å²) < 4.78 is 0. The predicted octanol–water partition coefficient (Wildman–Crippen LogP) is 3.44. The number of aryl methyl sites for hydroxylation is 2. The Bertz CT molecular complexity index is 1060. The molecule has 2 atom stereocenters. The van der Waals surface area contributed by atoms with E-state index < -0.39 is 0 Å². The van der Waals surface area contributed by atoms with E-state index in [0.29, 0.717) is 13.1 Å². The third-order valence-corrected chi connectivity index (χ3v) is 6.40. The third kappa shape index (κ3) is 4.07. The Hall–Kier alpha value is -3.15. The van der Waals surface area contributed by atoms with Gasteiger partial charge in [-0.1, -0.05) is 23.8 Å². The smallest absolute Gasteiger partial charge is 0.227 e. The van der Waals surface area contributed by atoms with Crippen molar-refractivity contribution in [1.29, 1.82) is 0 Å². The molecule has 0 aromatic heterocycles. The lowest BCUT2D eigenvalue weighted by molar-refractivity contribution is -0.126. The number of nitrogens with one attached hydrogen (secondary N) is 1. The van der Waals surface area contributed by atoms with E-state index in [2.05, 4.69) is 24.4 Å². The van der Waals surface area contributed by atoms with Crippen LogP contribution in [0.5, 0.6) is 0 Å². The molecule has 4 rings (SSSR count). The monoisotopic (exact) mass is 419 g/mol. The Balaban J connectivity index is 1.45. The molecule has 3 amide bonds. The molecule has 6 nitrogen and oxygen atoms in total. The fourth-order valence-electron chi connectivity index (χ4n) is 4.74. The maximum Gasteiger partial charge on any atom is 0.227 e. The summed E-state index contributed by atoms with van der Waals surface area (Å²) in [6.45, 7) is 8.69. The van der Waals surface area contributed by atoms with Gasteiger partial charge in [0, 0.05) is 37.8 Å². The van der Waals surface area contributed by atoms with Crippen LogP contribution in [-0.4, -0.2) is 30.8 Å². The highest BCUT2D eigenvalue weighted by molar-refractivity contribution is 6.01. The maximum absolute atomic E-state index is 12.9. The van der Waals surface area contributed by atoms with Crippen LogP contribution in [0.2, 0.25) is 0 Å². The van der Waals surface area contributed by atoms with Gasteiger partial charge in [0.25, 0.3) is 0 Å². The number of hydrogen-bond acceptors (Lipinski definition) is 3. The molecule has 162 valence electrons. The Morgan fingerprint density at radius 3 is 2.61 bits per heavy atom. The molecule has 2 aliphatic rings. The van der Waals surface area contributed by atoms with Crippen molar-refractivity contribution in [2.24, 2.45) is 5.92 Å². The second-order valence-electron chi connectivity index (χ2n) is 8.73. The van der Waals surface area contributed by atoms with Crippen LogP contribution in [0.25, 0.3) is 0 Å². The first-order chi connectivity index (χ1) is 14.7. The van der Waals surface area contributed by atoms with E-state index in [9.17, 15) is 14.4 Å². The van der Waals surface area contributed by atoms with Crippen LogP contribution in [0.15, 0.2) is 36.4 Å². The van der Waals surface area contributed by atoms with Gasteiger partial charge in [-0.05, 0) is 62.1 Å². The summed E-state index contributed by atoms with van der Waals surface area (Å²) in [4.78, 5) is 40.8. The third-order valence-electron chi connectivity index (χ3n) is 6.40. The van der Waals surface area contributed by atoms with Gasteiger partial charge in [0.15, 0.2) is 0 Å². The van der Waals surface area contributed by atoms with Crippen LogP contribution in [0.1, 0.15) is 48.6 Å². The molecule has 2 aliphatic heterocycles. The van der Waals surface area contributed by atoms with Crippen molar-refractivity contribution in [1.82, 2.24) is 5.32 Å². The van der Waals surface area contributed by atoms with Gasteiger partial charge < -0.3 is 15.1 Å². The molecular formula is C25H29N3O3. The lowest BCUT2D eigenvalue weighted by Crippen LogP contribution is -2.34. The first-order valence-corrected chi connectivity index (χ1v) is 10.8. The van der Waals surface area contributed by atoms with Crippen molar-refractivity contribution in [3.8, 4) is 0 Å². The molecule has 0 aliphatic carbocycles. The highest BCUT2D eigenvalue weighted by Gasteiger charge is 2.36. The number of fused-ring (bicyclic) bond motifs is 1. The number of amides is 3. The first-order valence-electron chi connectivity index (χ1n) is 10.8. The lowest BCUT2D eigenvalue weighted by atomic mass is 9.99. The topological polar surface area (TPSA) is 69.7 Å². The van der Waals surface area contributed by atoms with Crippen molar-refractivity contribution < 1.29 is 14.4 Å². The number of carbonyl (C=O) groups is 3. The minimum Gasteiger partial charge on any atom is -0.349 e. The molecule has 2 heterocycles. The van der Waals surface area contributed by atoms with E-state index in [0.717, 1.165) is 34.5 Å². The van der Waals surface area contributed by atoms with Gasteiger partial charge in [0.1, 0.15) is 0 Å². The molecule has 31 heavy (non-hydrogen) atoms. The predicted molar refractivity (Wildman–Crippen MR) is 121 cm³/mol. The second-order valence-corrected chi connectivity index (χ2v) is 8.73. The Kier molecular flexibility index (Phi) is 5.56. The number of nitrogens with zero attached hydrogens (tertiary/aromatic N) is 2. The average molecular weight is 420 g/mol. The molecule has 0 saturated carbocycles. The maximum atomic E-state index is 12.9. The van der Waals surface area contributed by atoms with E-state index in [1.54, 1.807) is 16.7 Å². The van der Waals surface area contributed by atoms with E-state index >= 15 is 0 Å². The highest BCUT2D eigenvalue weighted by Crippen LogP contribution is 2.34.